The van der Waals surface area contributed by atoms with Gasteiger partial charge in [-0.2, -0.15) is 0 Å². The number of anilines is 1. The van der Waals surface area contributed by atoms with Crippen LogP contribution >= 0.6 is 0 Å². The Labute approximate surface area is 136 Å². The second-order valence-corrected chi connectivity index (χ2v) is 5.07. The maximum absolute atomic E-state index is 13.6. The number of nitrogens with one attached hydrogen (secondary N) is 2. The van der Waals surface area contributed by atoms with E-state index in [0.29, 0.717) is 23.2 Å². The number of hydrogen-bond acceptors (Lipinski definition) is 3. The number of hydrogen-bond donors (Lipinski definition) is 2. The molecule has 0 saturated heterocycles. The molecule has 2 amide bonds. The highest BCUT2D eigenvalue weighted by Crippen LogP contribution is 2.30. The molecule has 5 nitrogen and oxygen atoms in total. The fourth-order valence-electron chi connectivity index (χ4n) is 2.31. The zero-order valence-corrected chi connectivity index (χ0v) is 12.8. The molecule has 0 bridgehead atoms. The normalized spacial score (nSPS) is 10.6. The topological polar surface area (TPSA) is 66.9 Å². The summed E-state index contributed by atoms with van der Waals surface area (Å²) in [6.07, 6.45) is 3.20. The first-order chi connectivity index (χ1) is 11.6. The van der Waals surface area contributed by atoms with Gasteiger partial charge in [-0.1, -0.05) is 6.07 Å². The van der Waals surface area contributed by atoms with Gasteiger partial charge in [-0.15, -0.1) is 0 Å². The molecule has 0 saturated carbocycles. The van der Waals surface area contributed by atoms with Gasteiger partial charge in [-0.3, -0.25) is 10.3 Å². The van der Waals surface area contributed by atoms with Gasteiger partial charge < -0.3 is 5.32 Å². The minimum absolute atomic E-state index is 0.255. The lowest BCUT2D eigenvalue weighted by Gasteiger charge is -2.12. The number of carbonyl (C=O) groups is 1. The van der Waals surface area contributed by atoms with Gasteiger partial charge in [0, 0.05) is 29.9 Å². The van der Waals surface area contributed by atoms with E-state index in [9.17, 15) is 13.6 Å². The van der Waals surface area contributed by atoms with Gasteiger partial charge in [0.1, 0.15) is 5.82 Å². The van der Waals surface area contributed by atoms with Gasteiger partial charge in [0.25, 0.3) is 0 Å². The average molecular weight is 328 g/mol. The molecule has 0 aliphatic carbocycles. The van der Waals surface area contributed by atoms with Gasteiger partial charge in [0.05, 0.1) is 5.52 Å². The zero-order chi connectivity index (χ0) is 17.1. The Hall–Kier alpha value is -3.09. The molecule has 0 aliphatic rings. The Morgan fingerprint density at radius 1 is 1.17 bits per heavy atom. The third-order valence-corrected chi connectivity index (χ3v) is 3.41. The van der Waals surface area contributed by atoms with E-state index in [1.807, 2.05) is 0 Å². The van der Waals surface area contributed by atoms with E-state index in [1.54, 1.807) is 31.5 Å². The highest BCUT2D eigenvalue weighted by molar-refractivity contribution is 5.96. The number of pyridine rings is 2. The van der Waals surface area contributed by atoms with E-state index in [0.717, 1.165) is 17.5 Å². The lowest BCUT2D eigenvalue weighted by molar-refractivity contribution is 0.252. The van der Waals surface area contributed by atoms with Crippen molar-refractivity contribution in [1.82, 2.24) is 15.3 Å². The number of aromatic nitrogens is 2. The predicted molar refractivity (Wildman–Crippen MR) is 87.6 cm³/mol. The highest BCUT2D eigenvalue weighted by Gasteiger charge is 2.13. The maximum Gasteiger partial charge on any atom is 0.320 e. The molecule has 2 N–H and O–H groups in total. The van der Waals surface area contributed by atoms with Gasteiger partial charge in [0.15, 0.2) is 11.6 Å². The minimum atomic E-state index is -0.970. The fourth-order valence-corrected chi connectivity index (χ4v) is 2.31. The van der Waals surface area contributed by atoms with Crippen LogP contribution in [0.5, 0.6) is 0 Å². The first kappa shape index (κ1) is 15.8. The number of carbonyl (C=O) groups excluding carboxylic acids is 1. The number of halogens is 2. The van der Waals surface area contributed by atoms with Crippen molar-refractivity contribution in [3.05, 3.63) is 54.4 Å². The highest BCUT2D eigenvalue weighted by atomic mass is 19.2. The third-order valence-electron chi connectivity index (χ3n) is 3.41. The molecule has 7 heteroatoms. The molecule has 0 unspecified atom stereocenters. The van der Waals surface area contributed by atoms with Crippen molar-refractivity contribution in [2.45, 2.75) is 6.92 Å². The third kappa shape index (κ3) is 3.15. The van der Waals surface area contributed by atoms with Gasteiger partial charge >= 0.3 is 6.03 Å². The Balaban J connectivity index is 2.15. The van der Waals surface area contributed by atoms with Crippen molar-refractivity contribution in [2.24, 2.45) is 0 Å². The standard InChI is InChI=1S/C17H14F2N4O/c1-2-21-17(24)23-16-12(10-3-4-13(18)14(19)8-10)7-11-9-20-6-5-15(11)22-16/h3-9H,2H2,1H3,(H2,21,22,23,24). The molecule has 0 fully saturated rings. The van der Waals surface area contributed by atoms with Crippen molar-refractivity contribution in [2.75, 3.05) is 11.9 Å². The Kier molecular flexibility index (Phi) is 4.33. The van der Waals surface area contributed by atoms with Crippen molar-refractivity contribution in [1.29, 1.82) is 0 Å². The number of benzene rings is 1. The van der Waals surface area contributed by atoms with E-state index in [-0.39, 0.29) is 5.82 Å². The molecule has 2 heterocycles. The monoisotopic (exact) mass is 328 g/mol. The summed E-state index contributed by atoms with van der Waals surface area (Å²) < 4.78 is 26.8. The first-order valence-corrected chi connectivity index (χ1v) is 7.33. The first-order valence-electron chi connectivity index (χ1n) is 7.33. The summed E-state index contributed by atoms with van der Waals surface area (Å²) in [7, 11) is 0. The zero-order valence-electron chi connectivity index (χ0n) is 12.8. The van der Waals surface area contributed by atoms with Crippen LogP contribution < -0.4 is 10.6 Å². The molecule has 1 aromatic carbocycles. The maximum atomic E-state index is 13.6. The number of amides is 2. The largest absolute Gasteiger partial charge is 0.338 e. The van der Waals surface area contributed by atoms with Crippen LogP contribution in [0.3, 0.4) is 0 Å². The molecule has 0 radical (unpaired) electrons. The molecular formula is C17H14F2N4O. The van der Waals surface area contributed by atoms with Crippen molar-refractivity contribution < 1.29 is 13.6 Å². The van der Waals surface area contributed by atoms with Crippen LogP contribution in [0.2, 0.25) is 0 Å². The van der Waals surface area contributed by atoms with E-state index >= 15 is 0 Å². The van der Waals surface area contributed by atoms with E-state index < -0.39 is 17.7 Å². The predicted octanol–water partition coefficient (Wildman–Crippen LogP) is 3.72. The smallest absolute Gasteiger partial charge is 0.320 e. The number of rotatable bonds is 3. The summed E-state index contributed by atoms with van der Waals surface area (Å²) in [5.74, 6) is -1.65. The van der Waals surface area contributed by atoms with Crippen LogP contribution in [0.15, 0.2) is 42.7 Å². The van der Waals surface area contributed by atoms with Crippen LogP contribution in [-0.2, 0) is 0 Å². The summed E-state index contributed by atoms with van der Waals surface area (Å²) in [5.41, 5.74) is 1.50. The Morgan fingerprint density at radius 3 is 2.75 bits per heavy atom. The minimum Gasteiger partial charge on any atom is -0.338 e. The van der Waals surface area contributed by atoms with Crippen LogP contribution in [-0.4, -0.2) is 22.5 Å². The lowest BCUT2D eigenvalue weighted by Crippen LogP contribution is -2.28. The Bertz CT molecular complexity index is 914. The molecule has 0 atom stereocenters. The van der Waals surface area contributed by atoms with Gasteiger partial charge in [-0.05, 0) is 36.8 Å². The van der Waals surface area contributed by atoms with E-state index in [1.165, 1.54) is 6.07 Å². The van der Waals surface area contributed by atoms with Crippen LogP contribution in [0.1, 0.15) is 6.92 Å². The summed E-state index contributed by atoms with van der Waals surface area (Å²) in [5, 5.41) is 5.96. The molecule has 3 aromatic rings. The summed E-state index contributed by atoms with van der Waals surface area (Å²) in [6, 6.07) is 6.53. The average Bonchev–Trinajstić information content (AvgIpc) is 2.57. The number of urea groups is 1. The number of nitrogens with zero attached hydrogens (tertiary/aromatic N) is 2. The molecular weight excluding hydrogens is 314 g/mol. The summed E-state index contributed by atoms with van der Waals surface area (Å²) >= 11 is 0. The molecule has 0 spiro atoms. The van der Waals surface area contributed by atoms with Crippen LogP contribution in [0.25, 0.3) is 22.0 Å². The van der Waals surface area contributed by atoms with Crippen LogP contribution in [0.4, 0.5) is 19.4 Å². The van der Waals surface area contributed by atoms with Gasteiger partial charge in [0.2, 0.25) is 0 Å². The number of fused-ring (bicyclic) bond motifs is 1. The SMILES string of the molecule is CCNC(=O)Nc1nc2ccncc2cc1-c1ccc(F)c(F)c1. The van der Waals surface area contributed by atoms with Crippen molar-refractivity contribution in [3.8, 4) is 11.1 Å². The molecule has 0 aliphatic heterocycles. The second kappa shape index (κ2) is 6.57. The lowest BCUT2D eigenvalue weighted by atomic mass is 10.0. The van der Waals surface area contributed by atoms with E-state index in [4.69, 9.17) is 0 Å². The van der Waals surface area contributed by atoms with E-state index in [2.05, 4.69) is 20.6 Å². The molecule has 2 aromatic heterocycles. The van der Waals surface area contributed by atoms with Crippen LogP contribution in [0, 0.1) is 11.6 Å². The molecule has 3 rings (SSSR count). The van der Waals surface area contributed by atoms with Crippen molar-refractivity contribution in [3.63, 3.8) is 0 Å². The molecule has 122 valence electrons. The van der Waals surface area contributed by atoms with Gasteiger partial charge in [-0.25, -0.2) is 18.6 Å². The summed E-state index contributed by atoms with van der Waals surface area (Å²) in [4.78, 5) is 20.3. The second-order valence-electron chi connectivity index (χ2n) is 5.07. The quantitative estimate of drug-likeness (QED) is 0.770. The molecule has 24 heavy (non-hydrogen) atoms. The summed E-state index contributed by atoms with van der Waals surface area (Å²) in [6.45, 7) is 2.24. The van der Waals surface area contributed by atoms with Crippen molar-refractivity contribution >= 4 is 22.8 Å². The Morgan fingerprint density at radius 2 is 2.00 bits per heavy atom. The fraction of sp³-hybridized carbons (Fsp3) is 0.118.